The summed E-state index contributed by atoms with van der Waals surface area (Å²) < 4.78 is 13.4. The lowest BCUT2D eigenvalue weighted by Crippen LogP contribution is -2.29. The quantitative estimate of drug-likeness (QED) is 0.115. The van der Waals surface area contributed by atoms with Crippen LogP contribution in [-0.2, 0) is 25.5 Å². The second-order valence-corrected chi connectivity index (χ2v) is 14.3. The van der Waals surface area contributed by atoms with Gasteiger partial charge in [-0.15, -0.1) is 21.5 Å². The summed E-state index contributed by atoms with van der Waals surface area (Å²) in [5.41, 5.74) is 7.80. The number of pyridine rings is 1. The van der Waals surface area contributed by atoms with Gasteiger partial charge in [0, 0.05) is 51.6 Å². The van der Waals surface area contributed by atoms with Crippen LogP contribution in [0.1, 0.15) is 51.2 Å². The first-order valence-corrected chi connectivity index (χ1v) is 18.4. The summed E-state index contributed by atoms with van der Waals surface area (Å²) in [4.78, 5) is 35.7. The van der Waals surface area contributed by atoms with Crippen LogP contribution in [-0.4, -0.2) is 76.8 Å². The van der Waals surface area contributed by atoms with Crippen molar-refractivity contribution in [2.45, 2.75) is 39.7 Å². The summed E-state index contributed by atoms with van der Waals surface area (Å²) in [6.45, 7) is 8.77. The maximum absolute atomic E-state index is 13.2. The second-order valence-electron chi connectivity index (χ2n) is 12.6. The van der Waals surface area contributed by atoms with Crippen LogP contribution in [0.15, 0.2) is 65.8 Å². The maximum atomic E-state index is 13.2. The summed E-state index contributed by atoms with van der Waals surface area (Å²) in [5.74, 6) is 2.02. The van der Waals surface area contributed by atoms with E-state index in [-0.39, 0.29) is 31.7 Å². The van der Waals surface area contributed by atoms with Gasteiger partial charge in [0.1, 0.15) is 22.7 Å². The van der Waals surface area contributed by atoms with E-state index in [9.17, 15) is 9.59 Å². The molecular formula is C38H41ClN8O4S2. The molecule has 276 valence electrons. The Morgan fingerprint density at radius 2 is 1.70 bits per heavy atom. The molecule has 2 aliphatic rings. The van der Waals surface area contributed by atoms with Gasteiger partial charge in [0.25, 0.3) is 0 Å². The summed E-state index contributed by atoms with van der Waals surface area (Å²) in [5, 5.41) is 19.6. The minimum Gasteiger partial charge on any atom is -0.377 e. The molecule has 12 nitrogen and oxygen atoms in total. The van der Waals surface area contributed by atoms with Crippen molar-refractivity contribution in [2.24, 2.45) is 4.99 Å². The van der Waals surface area contributed by atoms with Gasteiger partial charge in [-0.25, -0.2) is 4.98 Å². The zero-order valence-electron chi connectivity index (χ0n) is 29.7. The molecule has 0 saturated heterocycles. The topological polar surface area (TPSA) is 145 Å². The van der Waals surface area contributed by atoms with Crippen LogP contribution in [0.3, 0.4) is 0 Å². The molecule has 7 rings (SSSR count). The normalized spacial score (nSPS) is 14.3. The highest BCUT2D eigenvalue weighted by molar-refractivity contribution is 7.59. The van der Waals surface area contributed by atoms with Crippen LogP contribution in [0.4, 0.5) is 11.5 Å². The highest BCUT2D eigenvalue weighted by atomic mass is 35.5. The van der Waals surface area contributed by atoms with E-state index in [1.54, 1.807) is 11.3 Å². The number of aromatic nitrogens is 4. The van der Waals surface area contributed by atoms with E-state index in [1.165, 1.54) is 4.88 Å². The third-order valence-electron chi connectivity index (χ3n) is 9.06. The number of rotatable bonds is 14. The summed E-state index contributed by atoms with van der Waals surface area (Å²) in [7, 11) is 0. The van der Waals surface area contributed by atoms with Gasteiger partial charge >= 0.3 is 0 Å². The molecule has 5 heterocycles. The molecule has 15 heteroatoms. The van der Waals surface area contributed by atoms with Gasteiger partial charge in [-0.2, -0.15) is 13.5 Å². The van der Waals surface area contributed by atoms with Gasteiger partial charge in [-0.3, -0.25) is 19.1 Å². The van der Waals surface area contributed by atoms with Crippen molar-refractivity contribution in [3.63, 3.8) is 0 Å². The predicted octanol–water partition coefficient (Wildman–Crippen LogP) is 6.12. The largest absolute Gasteiger partial charge is 0.377 e. The van der Waals surface area contributed by atoms with Gasteiger partial charge in [-0.1, -0.05) is 29.8 Å². The molecule has 0 unspecified atom stereocenters. The fraction of sp³-hybridized carbons (Fsp3) is 0.316. The molecule has 0 radical (unpaired) electrons. The molecule has 2 aromatic carbocycles. The van der Waals surface area contributed by atoms with Gasteiger partial charge < -0.3 is 25.4 Å². The second kappa shape index (κ2) is 17.0. The predicted molar refractivity (Wildman–Crippen MR) is 213 cm³/mol. The smallest absolute Gasteiger partial charge is 0.228 e. The fourth-order valence-electron chi connectivity index (χ4n) is 6.29. The molecule has 2 amide bonds. The number of aryl methyl sites for hydroxylation is 2. The number of carbonyl (C=O) groups excluding carboxylic acids is 2. The van der Waals surface area contributed by atoms with E-state index in [2.05, 4.69) is 45.0 Å². The minimum atomic E-state index is -0.530. The van der Waals surface area contributed by atoms with Crippen molar-refractivity contribution in [3.8, 4) is 16.1 Å². The standard InChI is InChI=1S/C38H39ClN8O4S.H2S/c1-22-23(2)52-38-35(22)36(25-4-8-29(39)9-5-25)44-31(37-46-45-24(3)47(37)38)20-33(48)41-13-15-51-17-16-50-14-12-40-32-11-7-27(21-42-32)26-6-10-30-28(18-26)19-34(49)43-30;/h4-11,18,21,31H,12-17,19-20H2,1-3H3,(H,40,42)(H,41,48)(H,43,49);1H2/t31-;/m0./s1. The average Bonchev–Trinajstić information content (AvgIpc) is 3.77. The fourth-order valence-corrected chi connectivity index (χ4v) is 7.63. The first kappa shape index (κ1) is 38.1. The molecule has 1 atom stereocenters. The van der Waals surface area contributed by atoms with Crippen LogP contribution in [0.25, 0.3) is 16.1 Å². The Bertz CT molecular complexity index is 2130. The first-order chi connectivity index (χ1) is 25.2. The van der Waals surface area contributed by atoms with E-state index >= 15 is 0 Å². The molecular weight excluding hydrogens is 732 g/mol. The van der Waals surface area contributed by atoms with Crippen molar-refractivity contribution in [2.75, 3.05) is 50.2 Å². The molecule has 0 saturated carbocycles. The van der Waals surface area contributed by atoms with Gasteiger partial charge in [-0.05, 0) is 73.9 Å². The summed E-state index contributed by atoms with van der Waals surface area (Å²) in [6.07, 6.45) is 2.34. The van der Waals surface area contributed by atoms with Crippen LogP contribution in [0.2, 0.25) is 5.02 Å². The number of halogens is 1. The number of nitrogens with zero attached hydrogens (tertiary/aromatic N) is 5. The molecule has 0 fully saturated rings. The molecule has 5 aromatic rings. The first-order valence-electron chi connectivity index (χ1n) is 17.2. The summed E-state index contributed by atoms with van der Waals surface area (Å²) >= 11 is 7.89. The van der Waals surface area contributed by atoms with E-state index in [0.717, 1.165) is 61.4 Å². The maximum Gasteiger partial charge on any atom is 0.228 e. The highest BCUT2D eigenvalue weighted by Crippen LogP contribution is 2.39. The summed E-state index contributed by atoms with van der Waals surface area (Å²) in [6, 6.07) is 17.0. The molecule has 3 aromatic heterocycles. The minimum absolute atomic E-state index is 0. The molecule has 0 spiro atoms. The van der Waals surface area contributed by atoms with Gasteiger partial charge in [0.05, 0.1) is 45.0 Å². The van der Waals surface area contributed by atoms with Crippen molar-refractivity contribution < 1.29 is 19.1 Å². The van der Waals surface area contributed by atoms with E-state index in [1.807, 2.05) is 72.3 Å². The van der Waals surface area contributed by atoms with Crippen LogP contribution in [0.5, 0.6) is 0 Å². The van der Waals surface area contributed by atoms with Gasteiger partial charge in [0.2, 0.25) is 11.8 Å². The molecule has 53 heavy (non-hydrogen) atoms. The van der Waals surface area contributed by atoms with E-state index in [0.29, 0.717) is 56.8 Å². The Morgan fingerprint density at radius 3 is 2.45 bits per heavy atom. The number of hydrogen-bond acceptors (Lipinski definition) is 10. The highest BCUT2D eigenvalue weighted by Gasteiger charge is 2.32. The number of anilines is 2. The number of ether oxygens (including phenoxy) is 2. The zero-order valence-corrected chi connectivity index (χ0v) is 32.2. The number of benzene rings is 2. The number of amides is 2. The number of thiophene rings is 1. The number of carbonyl (C=O) groups is 2. The Hall–Kier alpha value is -4.60. The number of fused-ring (bicyclic) bond motifs is 4. The van der Waals surface area contributed by atoms with Crippen molar-refractivity contribution in [1.29, 1.82) is 0 Å². The number of hydrogen-bond donors (Lipinski definition) is 3. The van der Waals surface area contributed by atoms with Crippen molar-refractivity contribution in [3.05, 3.63) is 105 Å². The molecule has 0 bridgehead atoms. The Balaban J connectivity index is 0.00000481. The lowest BCUT2D eigenvalue weighted by Gasteiger charge is -2.13. The lowest BCUT2D eigenvalue weighted by molar-refractivity contribution is -0.121. The number of aliphatic imine (C=N–C) groups is 1. The van der Waals surface area contributed by atoms with E-state index in [4.69, 9.17) is 26.1 Å². The Morgan fingerprint density at radius 1 is 0.962 bits per heavy atom. The van der Waals surface area contributed by atoms with Crippen LogP contribution >= 0.6 is 36.4 Å². The molecule has 3 N–H and O–H groups in total. The van der Waals surface area contributed by atoms with Crippen LogP contribution < -0.4 is 16.0 Å². The third-order valence-corrected chi connectivity index (χ3v) is 10.5. The van der Waals surface area contributed by atoms with E-state index < -0.39 is 6.04 Å². The number of nitrogens with one attached hydrogen (secondary N) is 3. The average molecular weight is 773 g/mol. The van der Waals surface area contributed by atoms with Crippen molar-refractivity contribution >= 4 is 65.5 Å². The Kier molecular flexibility index (Phi) is 12.3. The molecule has 0 aliphatic carbocycles. The monoisotopic (exact) mass is 772 g/mol. The SMILES string of the molecule is Cc1sc2c(c1C)C(c1ccc(Cl)cc1)=N[C@@H](CC(=O)NCCOCCOCCNc1ccc(-c3ccc4c(c3)CC(=O)N4)cn1)c1nnc(C)n1-2.S. The van der Waals surface area contributed by atoms with Crippen LogP contribution in [0, 0.1) is 20.8 Å². The third kappa shape index (κ3) is 8.63. The lowest BCUT2D eigenvalue weighted by atomic mass is 9.99. The van der Waals surface area contributed by atoms with Gasteiger partial charge in [0.15, 0.2) is 5.82 Å². The molecule has 2 aliphatic heterocycles. The Labute approximate surface area is 323 Å². The zero-order chi connectivity index (χ0) is 36.2. The van der Waals surface area contributed by atoms with Crippen molar-refractivity contribution in [1.82, 2.24) is 25.1 Å².